The van der Waals surface area contributed by atoms with Crippen molar-refractivity contribution < 1.29 is 9.31 Å². The number of non-ortho nitro benzene ring substituents is 1. The van der Waals surface area contributed by atoms with Crippen LogP contribution in [0.4, 0.5) is 10.1 Å². The molecule has 0 spiro atoms. The van der Waals surface area contributed by atoms with Crippen molar-refractivity contribution in [3.8, 4) is 0 Å². The summed E-state index contributed by atoms with van der Waals surface area (Å²) in [5.74, 6) is -0.294. The third-order valence-electron chi connectivity index (χ3n) is 3.19. The molecule has 21 heavy (non-hydrogen) atoms. The maximum absolute atomic E-state index is 13.0. The Morgan fingerprint density at radius 3 is 2.76 bits per heavy atom. The van der Waals surface area contributed by atoms with Gasteiger partial charge in [-0.25, -0.2) is 4.39 Å². The molecule has 110 valence electrons. The summed E-state index contributed by atoms with van der Waals surface area (Å²) in [5.41, 5.74) is 1.83. The minimum absolute atomic E-state index is 0.0538. The first kappa shape index (κ1) is 15.6. The molecule has 0 aliphatic carbocycles. The summed E-state index contributed by atoms with van der Waals surface area (Å²) in [5, 5.41) is 14.0. The van der Waals surface area contributed by atoms with Crippen LogP contribution < -0.4 is 5.32 Å². The van der Waals surface area contributed by atoms with Crippen LogP contribution in [0.15, 0.2) is 46.9 Å². The fraction of sp³-hybridized carbons (Fsp3) is 0.200. The smallest absolute Gasteiger partial charge is 0.269 e. The highest BCUT2D eigenvalue weighted by Gasteiger charge is 2.11. The minimum atomic E-state index is -0.410. The second kappa shape index (κ2) is 6.78. The van der Waals surface area contributed by atoms with Crippen LogP contribution in [-0.4, -0.2) is 4.92 Å². The fourth-order valence-electron chi connectivity index (χ4n) is 1.95. The van der Waals surface area contributed by atoms with E-state index in [4.69, 9.17) is 0 Å². The molecule has 0 amide bonds. The van der Waals surface area contributed by atoms with E-state index in [9.17, 15) is 14.5 Å². The first-order chi connectivity index (χ1) is 9.97. The number of halogens is 2. The zero-order valence-electron chi connectivity index (χ0n) is 11.3. The highest BCUT2D eigenvalue weighted by molar-refractivity contribution is 9.10. The van der Waals surface area contributed by atoms with Crippen LogP contribution in [0.3, 0.4) is 0 Å². The molecule has 2 rings (SSSR count). The van der Waals surface area contributed by atoms with Crippen molar-refractivity contribution in [2.75, 3.05) is 0 Å². The SMILES string of the molecule is CC(NCc1ccc(F)cc1Br)c1cccc([N+](=O)[O-])c1. The predicted molar refractivity (Wildman–Crippen MR) is 82.5 cm³/mol. The molecule has 1 unspecified atom stereocenters. The lowest BCUT2D eigenvalue weighted by Crippen LogP contribution is -2.18. The normalized spacial score (nSPS) is 12.1. The number of hydrogen-bond acceptors (Lipinski definition) is 3. The van der Waals surface area contributed by atoms with Gasteiger partial charge in [-0.05, 0) is 30.2 Å². The summed E-state index contributed by atoms with van der Waals surface area (Å²) in [6.45, 7) is 2.46. The van der Waals surface area contributed by atoms with Crippen LogP contribution >= 0.6 is 15.9 Å². The molecule has 0 aliphatic heterocycles. The lowest BCUT2D eigenvalue weighted by molar-refractivity contribution is -0.384. The van der Waals surface area contributed by atoms with Crippen molar-refractivity contribution in [1.82, 2.24) is 5.32 Å². The molecule has 6 heteroatoms. The molecule has 2 aromatic rings. The van der Waals surface area contributed by atoms with E-state index in [0.29, 0.717) is 11.0 Å². The molecule has 4 nitrogen and oxygen atoms in total. The Morgan fingerprint density at radius 2 is 2.10 bits per heavy atom. The Kier molecular flexibility index (Phi) is 5.03. The number of rotatable bonds is 5. The van der Waals surface area contributed by atoms with E-state index in [1.165, 1.54) is 18.2 Å². The summed E-state index contributed by atoms with van der Waals surface area (Å²) in [7, 11) is 0. The average molecular weight is 353 g/mol. The summed E-state index contributed by atoms with van der Waals surface area (Å²) in [4.78, 5) is 10.4. The van der Waals surface area contributed by atoms with Crippen LogP contribution in [0.25, 0.3) is 0 Å². The number of nitro groups is 1. The van der Waals surface area contributed by atoms with E-state index in [2.05, 4.69) is 21.2 Å². The summed E-state index contributed by atoms with van der Waals surface area (Å²) in [6, 6.07) is 11.0. The lowest BCUT2D eigenvalue weighted by atomic mass is 10.1. The van der Waals surface area contributed by atoms with Gasteiger partial charge < -0.3 is 5.32 Å². The fourth-order valence-corrected chi connectivity index (χ4v) is 2.44. The molecule has 0 bridgehead atoms. The van der Waals surface area contributed by atoms with Gasteiger partial charge >= 0.3 is 0 Å². The van der Waals surface area contributed by atoms with Gasteiger partial charge in [0.25, 0.3) is 5.69 Å². The predicted octanol–water partition coefficient (Wildman–Crippen LogP) is 4.35. The minimum Gasteiger partial charge on any atom is -0.306 e. The molecule has 2 aromatic carbocycles. The second-order valence-electron chi connectivity index (χ2n) is 4.69. The van der Waals surface area contributed by atoms with E-state index in [-0.39, 0.29) is 17.5 Å². The van der Waals surface area contributed by atoms with Crippen molar-refractivity contribution in [3.05, 3.63) is 74.0 Å². The molecule has 0 saturated heterocycles. The number of hydrogen-bond donors (Lipinski definition) is 1. The van der Waals surface area contributed by atoms with Crippen molar-refractivity contribution >= 4 is 21.6 Å². The summed E-state index contributed by atoms with van der Waals surface area (Å²) >= 11 is 3.31. The monoisotopic (exact) mass is 352 g/mol. The number of benzene rings is 2. The van der Waals surface area contributed by atoms with E-state index in [0.717, 1.165) is 11.1 Å². The zero-order chi connectivity index (χ0) is 15.4. The third kappa shape index (κ3) is 4.09. The topological polar surface area (TPSA) is 55.2 Å². The Morgan fingerprint density at radius 1 is 1.33 bits per heavy atom. The maximum atomic E-state index is 13.0. The first-order valence-electron chi connectivity index (χ1n) is 6.39. The molecule has 0 saturated carbocycles. The zero-order valence-corrected chi connectivity index (χ0v) is 12.9. The maximum Gasteiger partial charge on any atom is 0.269 e. The van der Waals surface area contributed by atoms with Gasteiger partial charge in [0, 0.05) is 29.2 Å². The Labute approximate surface area is 130 Å². The van der Waals surface area contributed by atoms with Crippen LogP contribution in [-0.2, 0) is 6.54 Å². The van der Waals surface area contributed by atoms with E-state index in [1.807, 2.05) is 13.0 Å². The van der Waals surface area contributed by atoms with Crippen molar-refractivity contribution in [2.45, 2.75) is 19.5 Å². The van der Waals surface area contributed by atoms with Gasteiger partial charge in [-0.2, -0.15) is 0 Å². The van der Waals surface area contributed by atoms with E-state index >= 15 is 0 Å². The van der Waals surface area contributed by atoms with E-state index in [1.54, 1.807) is 18.2 Å². The van der Waals surface area contributed by atoms with Gasteiger partial charge in [0.05, 0.1) is 4.92 Å². The number of nitrogens with one attached hydrogen (secondary N) is 1. The van der Waals surface area contributed by atoms with Gasteiger partial charge in [-0.1, -0.05) is 34.1 Å². The highest BCUT2D eigenvalue weighted by atomic mass is 79.9. The number of nitrogens with zero attached hydrogens (tertiary/aromatic N) is 1. The van der Waals surface area contributed by atoms with Gasteiger partial charge in [0.15, 0.2) is 0 Å². The Hall–Kier alpha value is -1.79. The lowest BCUT2D eigenvalue weighted by Gasteiger charge is -2.15. The summed E-state index contributed by atoms with van der Waals surface area (Å²) < 4.78 is 13.7. The standard InChI is InChI=1S/C15H14BrFN2O2/c1-10(11-3-2-4-14(7-11)19(20)21)18-9-12-5-6-13(17)8-15(12)16/h2-8,10,18H,9H2,1H3. The molecule has 0 fully saturated rings. The molecule has 1 atom stereocenters. The molecule has 0 heterocycles. The third-order valence-corrected chi connectivity index (χ3v) is 3.93. The first-order valence-corrected chi connectivity index (χ1v) is 7.18. The largest absolute Gasteiger partial charge is 0.306 e. The van der Waals surface area contributed by atoms with Crippen molar-refractivity contribution in [3.63, 3.8) is 0 Å². The van der Waals surface area contributed by atoms with Crippen LogP contribution in [0, 0.1) is 15.9 Å². The van der Waals surface area contributed by atoms with Gasteiger partial charge in [-0.3, -0.25) is 10.1 Å². The average Bonchev–Trinajstić information content (AvgIpc) is 2.46. The van der Waals surface area contributed by atoms with Gasteiger partial charge in [0.1, 0.15) is 5.82 Å². The molecular formula is C15H14BrFN2O2. The van der Waals surface area contributed by atoms with Crippen LogP contribution in [0.2, 0.25) is 0 Å². The van der Waals surface area contributed by atoms with Crippen LogP contribution in [0.1, 0.15) is 24.1 Å². The van der Waals surface area contributed by atoms with Crippen molar-refractivity contribution in [1.29, 1.82) is 0 Å². The van der Waals surface area contributed by atoms with Gasteiger partial charge in [-0.15, -0.1) is 0 Å². The number of nitro benzene ring substituents is 1. The Bertz CT molecular complexity index is 664. The quantitative estimate of drug-likeness (QED) is 0.642. The highest BCUT2D eigenvalue weighted by Crippen LogP contribution is 2.21. The molecule has 0 radical (unpaired) electrons. The Balaban J connectivity index is 2.06. The van der Waals surface area contributed by atoms with Crippen molar-refractivity contribution in [2.24, 2.45) is 0 Å². The van der Waals surface area contributed by atoms with Crippen LogP contribution in [0.5, 0.6) is 0 Å². The molecule has 0 aliphatic rings. The summed E-state index contributed by atoms with van der Waals surface area (Å²) in [6.07, 6.45) is 0. The molecule has 0 aromatic heterocycles. The molecule has 1 N–H and O–H groups in total. The second-order valence-corrected chi connectivity index (χ2v) is 5.54. The van der Waals surface area contributed by atoms with E-state index < -0.39 is 4.92 Å². The molecular weight excluding hydrogens is 339 g/mol. The van der Waals surface area contributed by atoms with Gasteiger partial charge in [0.2, 0.25) is 0 Å².